The Morgan fingerprint density at radius 2 is 1.06 bits per heavy atom. The topological polar surface area (TPSA) is 159 Å². The second-order valence-electron chi connectivity index (χ2n) is 21.7. The third kappa shape index (κ3) is 10.1. The molecule has 2 amide bonds. The van der Waals surface area contributed by atoms with Gasteiger partial charge in [0.1, 0.15) is 23.8 Å². The molecule has 0 spiro atoms. The molecule has 2 saturated heterocycles. The van der Waals surface area contributed by atoms with Crippen LogP contribution in [-0.4, -0.2) is 106 Å². The summed E-state index contributed by atoms with van der Waals surface area (Å²) in [5, 5.41) is 27.4. The molecule has 0 bridgehead atoms. The SMILES string of the molecule is CC.CC(C)C1CN(c2nc(C3CC3)c3c(c2C#N)CC(C)(C)OC3)CCN1C(=O)C1CC1.CC1(C)Cc2c(C#N)c(N3CCN(C(=O)C4CC4)C(C4CC4)C3)nc(C3CC3)c2CO1.CO. The van der Waals surface area contributed by atoms with Crippen LogP contribution in [0, 0.1) is 46.3 Å². The van der Waals surface area contributed by atoms with E-state index in [0.29, 0.717) is 48.7 Å². The number of carbonyl (C=O) groups excluding carboxylic acids is 2. The van der Waals surface area contributed by atoms with Crippen molar-refractivity contribution in [2.24, 2.45) is 23.7 Å². The summed E-state index contributed by atoms with van der Waals surface area (Å²) in [5.41, 5.74) is 7.88. The Bertz CT molecular complexity index is 2080. The minimum absolute atomic E-state index is 0.162. The van der Waals surface area contributed by atoms with Crippen molar-refractivity contribution in [3.63, 3.8) is 0 Å². The first-order valence-corrected chi connectivity index (χ1v) is 25.5. The summed E-state index contributed by atoms with van der Waals surface area (Å²) in [6, 6.07) is 5.47. The molecule has 2 atom stereocenters. The quantitative estimate of drug-likeness (QED) is 0.274. The number of carbonyl (C=O) groups is 2. The molecule has 5 aliphatic carbocycles. The molecule has 7 fully saturated rings. The molecule has 0 radical (unpaired) electrons. The van der Waals surface area contributed by atoms with Crippen molar-refractivity contribution >= 4 is 23.5 Å². The number of anilines is 2. The van der Waals surface area contributed by atoms with Gasteiger partial charge in [-0.05, 0) is 115 Å². The number of aliphatic hydroxyl groups is 1. The van der Waals surface area contributed by atoms with Gasteiger partial charge in [-0.2, -0.15) is 10.5 Å². The molecule has 2 aromatic heterocycles. The molecular weight excluding hydrogens is 829 g/mol. The Kier molecular flexibility index (Phi) is 14.1. The number of piperazine rings is 2. The van der Waals surface area contributed by atoms with Crippen molar-refractivity contribution in [3.05, 3.63) is 44.8 Å². The molecule has 66 heavy (non-hydrogen) atoms. The normalized spacial score (nSPS) is 25.0. The summed E-state index contributed by atoms with van der Waals surface area (Å²) >= 11 is 0. The van der Waals surface area contributed by atoms with Crippen LogP contribution >= 0.6 is 0 Å². The Hall–Kier alpha value is -4.30. The van der Waals surface area contributed by atoms with Crippen molar-refractivity contribution in [3.8, 4) is 12.1 Å². The number of pyridine rings is 2. The molecule has 5 saturated carbocycles. The van der Waals surface area contributed by atoms with Crippen LogP contribution in [0.2, 0.25) is 0 Å². The average molecular weight is 905 g/mol. The summed E-state index contributed by atoms with van der Waals surface area (Å²) in [5.74, 6) is 4.91. The monoisotopic (exact) mass is 905 g/mol. The van der Waals surface area contributed by atoms with Crippen LogP contribution in [0.5, 0.6) is 0 Å². The lowest BCUT2D eigenvalue weighted by molar-refractivity contribution is -0.136. The average Bonchev–Trinajstić information content (AvgIpc) is 4.12. The Morgan fingerprint density at radius 3 is 1.45 bits per heavy atom. The summed E-state index contributed by atoms with van der Waals surface area (Å²) in [6.45, 7) is 22.5. The minimum atomic E-state index is -0.270. The van der Waals surface area contributed by atoms with Gasteiger partial charge in [0.15, 0.2) is 0 Å². The Labute approximate surface area is 394 Å². The van der Waals surface area contributed by atoms with E-state index in [-0.39, 0.29) is 35.1 Å². The van der Waals surface area contributed by atoms with Gasteiger partial charge in [-0.1, -0.05) is 27.7 Å². The van der Waals surface area contributed by atoms with E-state index in [1.807, 2.05) is 13.8 Å². The smallest absolute Gasteiger partial charge is 0.226 e. The van der Waals surface area contributed by atoms with E-state index < -0.39 is 0 Å². The van der Waals surface area contributed by atoms with E-state index in [2.05, 4.69) is 73.3 Å². The van der Waals surface area contributed by atoms with Crippen molar-refractivity contribution in [1.82, 2.24) is 19.8 Å². The van der Waals surface area contributed by atoms with Crippen molar-refractivity contribution in [2.45, 2.75) is 181 Å². The van der Waals surface area contributed by atoms with Crippen molar-refractivity contribution in [2.75, 3.05) is 56.2 Å². The molecule has 1 N–H and O–H groups in total. The van der Waals surface area contributed by atoms with Crippen molar-refractivity contribution < 1.29 is 24.2 Å². The zero-order valence-corrected chi connectivity index (χ0v) is 41.4. The number of nitrogens with zero attached hydrogens (tertiary/aromatic N) is 8. The maximum atomic E-state index is 12.9. The van der Waals surface area contributed by atoms with Crippen LogP contribution in [-0.2, 0) is 45.1 Å². The third-order valence-corrected chi connectivity index (χ3v) is 15.2. The highest BCUT2D eigenvalue weighted by atomic mass is 16.5. The summed E-state index contributed by atoms with van der Waals surface area (Å²) < 4.78 is 12.2. The van der Waals surface area contributed by atoms with E-state index in [4.69, 9.17) is 24.5 Å². The van der Waals surface area contributed by atoms with E-state index in [0.717, 1.165) is 130 Å². The standard InChI is InChI=1S/C25H32N4O2.C25H34N4O2.C2H6.CH4O/c1-25(2)11-18-19(12-26)23(27-22(16-5-6-16)20(18)14-31-25)28-9-10-29(24(30)17-7-8-17)21(13-28)15-3-4-15;1-15(2)21-13-28(9-10-29(21)24(30)17-7-8-17)23-19(12-26)18-11-25(3,4)31-14-20(18)22(27-23)16-5-6-16;2*1-2/h15-17,21H,3-11,13-14H2,1-2H3;15-17,21H,5-11,13-14H2,1-4H3;1-2H3;2H,1H3. The highest BCUT2D eigenvalue weighted by molar-refractivity contribution is 5.82. The predicted octanol–water partition coefficient (Wildman–Crippen LogP) is 7.92. The lowest BCUT2D eigenvalue weighted by Crippen LogP contribution is -2.58. The first kappa shape index (κ1) is 48.2. The Morgan fingerprint density at radius 1 is 0.636 bits per heavy atom. The maximum absolute atomic E-state index is 12.9. The number of fused-ring (bicyclic) bond motifs is 2. The van der Waals surface area contributed by atoms with Gasteiger partial charge in [-0.15, -0.1) is 0 Å². The number of hydrogen-bond donors (Lipinski definition) is 1. The van der Waals surface area contributed by atoms with Gasteiger partial charge in [0.25, 0.3) is 0 Å². The second-order valence-corrected chi connectivity index (χ2v) is 21.7. The van der Waals surface area contributed by atoms with Crippen LogP contribution in [0.15, 0.2) is 0 Å². The van der Waals surface area contributed by atoms with Crippen LogP contribution < -0.4 is 9.80 Å². The van der Waals surface area contributed by atoms with Gasteiger partial charge in [0, 0.05) is 94.0 Å². The lowest BCUT2D eigenvalue weighted by atomic mass is 9.87. The number of aromatic nitrogens is 2. The summed E-state index contributed by atoms with van der Waals surface area (Å²) in [4.78, 5) is 45.0. The zero-order chi connectivity index (χ0) is 47.2. The highest BCUT2D eigenvalue weighted by Gasteiger charge is 2.47. The van der Waals surface area contributed by atoms with Crippen LogP contribution in [0.3, 0.4) is 0 Å². The molecule has 9 aliphatic rings. The first-order chi connectivity index (χ1) is 31.7. The molecule has 358 valence electrons. The van der Waals surface area contributed by atoms with Gasteiger partial charge in [-0.25, -0.2) is 9.97 Å². The summed E-state index contributed by atoms with van der Waals surface area (Å²) in [7, 11) is 1.00. The highest BCUT2D eigenvalue weighted by Crippen LogP contribution is 2.48. The summed E-state index contributed by atoms with van der Waals surface area (Å²) in [6.07, 6.45) is 12.8. The van der Waals surface area contributed by atoms with Gasteiger partial charge in [0.2, 0.25) is 11.8 Å². The molecule has 2 unspecified atom stereocenters. The molecule has 4 aliphatic heterocycles. The number of hydrogen-bond acceptors (Lipinski definition) is 11. The van der Waals surface area contributed by atoms with Crippen LogP contribution in [0.1, 0.15) is 176 Å². The van der Waals surface area contributed by atoms with Gasteiger partial charge < -0.3 is 34.2 Å². The minimum Gasteiger partial charge on any atom is -0.400 e. The zero-order valence-electron chi connectivity index (χ0n) is 41.4. The van der Waals surface area contributed by atoms with E-state index in [1.54, 1.807) is 0 Å². The van der Waals surface area contributed by atoms with Gasteiger partial charge >= 0.3 is 0 Å². The fraction of sp³-hybridized carbons (Fsp3) is 0.736. The second kappa shape index (κ2) is 19.4. The fourth-order valence-electron chi connectivity index (χ4n) is 10.8. The van der Waals surface area contributed by atoms with Crippen LogP contribution in [0.4, 0.5) is 11.6 Å². The third-order valence-electron chi connectivity index (χ3n) is 15.2. The molecule has 11 rings (SSSR count). The largest absolute Gasteiger partial charge is 0.400 e. The van der Waals surface area contributed by atoms with Gasteiger partial charge in [-0.3, -0.25) is 9.59 Å². The molecule has 2 aromatic rings. The lowest BCUT2D eigenvalue weighted by Gasteiger charge is -2.44. The van der Waals surface area contributed by atoms with E-state index in [1.165, 1.54) is 49.8 Å². The Balaban J connectivity index is 0.000000167. The number of rotatable bonds is 8. The number of aliphatic hydroxyl groups excluding tert-OH is 1. The predicted molar refractivity (Wildman–Crippen MR) is 255 cm³/mol. The first-order valence-electron chi connectivity index (χ1n) is 25.5. The van der Waals surface area contributed by atoms with E-state index >= 15 is 0 Å². The molecule has 13 nitrogen and oxygen atoms in total. The number of ether oxygens (including phenoxy) is 2. The van der Waals surface area contributed by atoms with E-state index in [9.17, 15) is 20.1 Å². The molecule has 6 heterocycles. The molecule has 0 aromatic carbocycles. The number of amides is 2. The maximum Gasteiger partial charge on any atom is 0.226 e. The molecular formula is C53H76N8O5. The number of nitriles is 2. The fourth-order valence-corrected chi connectivity index (χ4v) is 10.8. The van der Waals surface area contributed by atoms with Crippen LogP contribution in [0.25, 0.3) is 0 Å². The molecule has 13 heteroatoms. The van der Waals surface area contributed by atoms with Gasteiger partial charge in [0.05, 0.1) is 59.0 Å². The van der Waals surface area contributed by atoms with Crippen molar-refractivity contribution in [1.29, 1.82) is 10.5 Å².